The van der Waals surface area contributed by atoms with Crippen molar-refractivity contribution in [2.24, 2.45) is 0 Å². The molecule has 2 aromatic heterocycles. The van der Waals surface area contributed by atoms with Crippen LogP contribution in [0.4, 0.5) is 14.7 Å². The average molecular weight is 328 g/mol. The van der Waals surface area contributed by atoms with Crippen molar-refractivity contribution in [1.29, 1.82) is 0 Å². The number of nitrogens with zero attached hydrogens (tertiary/aromatic N) is 3. The molecule has 0 saturated carbocycles. The van der Waals surface area contributed by atoms with E-state index in [-0.39, 0.29) is 46.9 Å². The predicted molar refractivity (Wildman–Crippen MR) is 85.5 cm³/mol. The van der Waals surface area contributed by atoms with Gasteiger partial charge >= 0.3 is 0 Å². The van der Waals surface area contributed by atoms with Crippen molar-refractivity contribution in [2.75, 3.05) is 5.73 Å². The number of rotatable bonds is 4. The van der Waals surface area contributed by atoms with Gasteiger partial charge in [0.2, 0.25) is 5.95 Å². The fourth-order valence-electron chi connectivity index (χ4n) is 2.47. The van der Waals surface area contributed by atoms with Crippen molar-refractivity contribution < 1.29 is 13.6 Å². The van der Waals surface area contributed by atoms with E-state index in [1.807, 2.05) is 0 Å². The van der Waals surface area contributed by atoms with E-state index in [0.717, 1.165) is 0 Å². The van der Waals surface area contributed by atoms with Crippen LogP contribution < -0.4 is 5.73 Å². The zero-order chi connectivity index (χ0) is 17.3. The number of nitrogen functional groups attached to an aromatic ring is 1. The number of carbonyl (C=O) groups excluding carboxylic acids is 1. The molecule has 0 atom stereocenters. The number of nitrogens with two attached hydrogens (primary N) is 1. The Labute approximate surface area is 136 Å². The van der Waals surface area contributed by atoms with Gasteiger partial charge in [-0.15, -0.1) is 0 Å². The Hall–Kier alpha value is -2.96. The lowest BCUT2D eigenvalue weighted by molar-refractivity contribution is 0.0979. The standard InChI is InChI=1S/C17H14F2N4O/c1-9-5-6-11(18)13(21-9)7-8-14(24)16-10-3-2-4-12(19)15(10)22-17(20)23-16/h2-6H,7-8H2,1H3,(H2,20,22,23). The highest BCUT2D eigenvalue weighted by atomic mass is 19.1. The number of hydrogen-bond acceptors (Lipinski definition) is 5. The SMILES string of the molecule is Cc1ccc(F)c(CCC(=O)c2nc(N)nc3c(F)cccc23)n1. The molecule has 0 fully saturated rings. The molecule has 7 heteroatoms. The molecule has 0 bridgehead atoms. The molecular formula is C17H14F2N4O. The summed E-state index contributed by atoms with van der Waals surface area (Å²) in [6.45, 7) is 1.74. The van der Waals surface area contributed by atoms with Gasteiger partial charge in [-0.1, -0.05) is 12.1 Å². The first kappa shape index (κ1) is 15.9. The normalized spacial score (nSPS) is 11.0. The zero-order valence-electron chi connectivity index (χ0n) is 12.9. The topological polar surface area (TPSA) is 81.8 Å². The van der Waals surface area contributed by atoms with Crippen LogP contribution >= 0.6 is 0 Å². The van der Waals surface area contributed by atoms with E-state index in [1.165, 1.54) is 18.2 Å². The van der Waals surface area contributed by atoms with Gasteiger partial charge in [0.25, 0.3) is 0 Å². The Morgan fingerprint density at radius 2 is 1.88 bits per heavy atom. The fraction of sp³-hybridized carbons (Fsp3) is 0.176. The summed E-state index contributed by atoms with van der Waals surface area (Å²) in [5.74, 6) is -1.60. The number of hydrogen-bond donors (Lipinski definition) is 1. The second-order valence-electron chi connectivity index (χ2n) is 5.37. The molecule has 0 saturated heterocycles. The number of carbonyl (C=O) groups is 1. The number of Topliss-reactive ketones (excluding diaryl/α,β-unsaturated/α-hetero) is 1. The summed E-state index contributed by atoms with van der Waals surface area (Å²) >= 11 is 0. The molecule has 0 aliphatic heterocycles. The molecule has 0 radical (unpaired) electrons. The van der Waals surface area contributed by atoms with Gasteiger partial charge < -0.3 is 5.73 Å². The maximum Gasteiger partial charge on any atom is 0.221 e. The van der Waals surface area contributed by atoms with Crippen LogP contribution in [0.15, 0.2) is 30.3 Å². The van der Waals surface area contributed by atoms with Crippen LogP contribution in [0.5, 0.6) is 0 Å². The Kier molecular flexibility index (Phi) is 4.16. The number of para-hydroxylation sites is 1. The van der Waals surface area contributed by atoms with Crippen molar-refractivity contribution in [3.63, 3.8) is 0 Å². The number of anilines is 1. The van der Waals surface area contributed by atoms with Crippen LogP contribution in [-0.2, 0) is 6.42 Å². The third-order valence-electron chi connectivity index (χ3n) is 3.61. The number of aromatic nitrogens is 3. The van der Waals surface area contributed by atoms with E-state index in [1.54, 1.807) is 19.1 Å². The largest absolute Gasteiger partial charge is 0.368 e. The van der Waals surface area contributed by atoms with E-state index in [4.69, 9.17) is 5.73 Å². The van der Waals surface area contributed by atoms with Gasteiger partial charge in [0.15, 0.2) is 5.78 Å². The van der Waals surface area contributed by atoms with Crippen molar-refractivity contribution in [3.8, 4) is 0 Å². The summed E-state index contributed by atoms with van der Waals surface area (Å²) in [6, 6.07) is 7.12. The number of fused-ring (bicyclic) bond motifs is 1. The summed E-state index contributed by atoms with van der Waals surface area (Å²) in [6.07, 6.45) is 0.0997. The lowest BCUT2D eigenvalue weighted by atomic mass is 10.1. The highest BCUT2D eigenvalue weighted by Crippen LogP contribution is 2.21. The first-order valence-corrected chi connectivity index (χ1v) is 7.32. The zero-order valence-corrected chi connectivity index (χ0v) is 12.9. The van der Waals surface area contributed by atoms with Crippen molar-refractivity contribution in [1.82, 2.24) is 15.0 Å². The molecule has 5 nitrogen and oxygen atoms in total. The quantitative estimate of drug-likeness (QED) is 0.745. The Balaban J connectivity index is 1.92. The number of pyridine rings is 1. The molecule has 0 unspecified atom stereocenters. The minimum Gasteiger partial charge on any atom is -0.368 e. The third kappa shape index (κ3) is 3.05. The summed E-state index contributed by atoms with van der Waals surface area (Å²) in [5, 5.41) is 0.284. The number of ketones is 1. The second kappa shape index (κ2) is 6.27. The van der Waals surface area contributed by atoms with E-state index >= 15 is 0 Å². The molecule has 0 spiro atoms. The predicted octanol–water partition coefficient (Wildman–Crippen LogP) is 3.01. The van der Waals surface area contributed by atoms with E-state index in [2.05, 4.69) is 15.0 Å². The molecule has 122 valence electrons. The smallest absolute Gasteiger partial charge is 0.221 e. The summed E-state index contributed by atoms with van der Waals surface area (Å²) in [5.41, 5.74) is 6.47. The number of benzene rings is 1. The van der Waals surface area contributed by atoms with Crippen molar-refractivity contribution >= 4 is 22.6 Å². The Morgan fingerprint density at radius 1 is 1.08 bits per heavy atom. The summed E-state index contributed by atoms with van der Waals surface area (Å²) < 4.78 is 27.6. The molecule has 24 heavy (non-hydrogen) atoms. The molecule has 0 amide bonds. The molecule has 0 aliphatic rings. The minimum absolute atomic E-state index is 0.00629. The average Bonchev–Trinajstić information content (AvgIpc) is 2.55. The second-order valence-corrected chi connectivity index (χ2v) is 5.37. The van der Waals surface area contributed by atoms with Gasteiger partial charge in [-0.25, -0.2) is 18.7 Å². The third-order valence-corrected chi connectivity index (χ3v) is 3.61. The lowest BCUT2D eigenvalue weighted by Crippen LogP contribution is -2.10. The highest BCUT2D eigenvalue weighted by Gasteiger charge is 2.17. The van der Waals surface area contributed by atoms with Gasteiger partial charge in [0, 0.05) is 17.5 Å². The van der Waals surface area contributed by atoms with Gasteiger partial charge in [-0.3, -0.25) is 9.78 Å². The van der Waals surface area contributed by atoms with Crippen LogP contribution in [0, 0.1) is 18.6 Å². The number of aryl methyl sites for hydroxylation is 2. The summed E-state index contributed by atoms with van der Waals surface area (Å²) in [4.78, 5) is 24.3. The molecule has 3 aromatic rings. The molecule has 2 N–H and O–H groups in total. The van der Waals surface area contributed by atoms with Gasteiger partial charge in [-0.2, -0.15) is 0 Å². The van der Waals surface area contributed by atoms with E-state index in [9.17, 15) is 13.6 Å². The van der Waals surface area contributed by atoms with E-state index < -0.39 is 11.6 Å². The highest BCUT2D eigenvalue weighted by molar-refractivity contribution is 6.05. The molecule has 3 rings (SSSR count). The first-order valence-electron chi connectivity index (χ1n) is 7.32. The van der Waals surface area contributed by atoms with Crippen LogP contribution in [0.3, 0.4) is 0 Å². The van der Waals surface area contributed by atoms with Gasteiger partial charge in [-0.05, 0) is 31.5 Å². The van der Waals surface area contributed by atoms with Gasteiger partial charge in [0.05, 0.1) is 5.69 Å². The van der Waals surface area contributed by atoms with Gasteiger partial charge in [0.1, 0.15) is 22.8 Å². The maximum atomic E-state index is 13.8. The Bertz CT molecular complexity index is 943. The lowest BCUT2D eigenvalue weighted by Gasteiger charge is -2.07. The molecule has 0 aliphatic carbocycles. The van der Waals surface area contributed by atoms with Crippen LogP contribution in [0.25, 0.3) is 10.9 Å². The van der Waals surface area contributed by atoms with Crippen molar-refractivity contribution in [2.45, 2.75) is 19.8 Å². The minimum atomic E-state index is -0.581. The molecule has 1 aromatic carbocycles. The van der Waals surface area contributed by atoms with E-state index in [0.29, 0.717) is 5.69 Å². The maximum absolute atomic E-state index is 13.8. The van der Waals surface area contributed by atoms with Crippen LogP contribution in [0.1, 0.15) is 28.3 Å². The van der Waals surface area contributed by atoms with Crippen molar-refractivity contribution in [3.05, 3.63) is 59.0 Å². The number of halogens is 2. The molecule has 2 heterocycles. The van der Waals surface area contributed by atoms with Crippen LogP contribution in [0.2, 0.25) is 0 Å². The monoisotopic (exact) mass is 328 g/mol. The fourth-order valence-corrected chi connectivity index (χ4v) is 2.47. The summed E-state index contributed by atoms with van der Waals surface area (Å²) in [7, 11) is 0. The van der Waals surface area contributed by atoms with Crippen LogP contribution in [-0.4, -0.2) is 20.7 Å². The first-order chi connectivity index (χ1) is 11.5. The molecular weight excluding hydrogens is 314 g/mol. The Morgan fingerprint density at radius 3 is 2.67 bits per heavy atom.